The first-order valence-electron chi connectivity index (χ1n) is 5.59. The maximum atomic E-state index is 12.6. The van der Waals surface area contributed by atoms with Crippen LogP contribution in [0.25, 0.3) is 0 Å². The summed E-state index contributed by atoms with van der Waals surface area (Å²) in [7, 11) is 0. The molecule has 0 atom stereocenters. The zero-order valence-corrected chi connectivity index (χ0v) is 11.2. The first-order valence-corrected chi connectivity index (χ1v) is 6.57. The van der Waals surface area contributed by atoms with Crippen molar-refractivity contribution in [2.24, 2.45) is 0 Å². The van der Waals surface area contributed by atoms with Crippen LogP contribution in [-0.2, 0) is 11.9 Å². The molecule has 8 heteroatoms. The van der Waals surface area contributed by atoms with Crippen molar-refractivity contribution in [1.82, 2.24) is 15.2 Å². The lowest BCUT2D eigenvalue weighted by atomic mass is 10.1. The quantitative estimate of drug-likeness (QED) is 0.886. The molecule has 0 fully saturated rings. The van der Waals surface area contributed by atoms with Gasteiger partial charge in [-0.05, 0) is 18.6 Å². The lowest BCUT2D eigenvalue weighted by Crippen LogP contribution is -2.14. The van der Waals surface area contributed by atoms with E-state index in [1.807, 2.05) is 0 Å². The number of thioether (sulfide) groups is 1. The largest absolute Gasteiger partial charge is 0.416 e. The second-order valence-corrected chi connectivity index (χ2v) is 5.00. The molecule has 0 unspecified atom stereocenters. The van der Waals surface area contributed by atoms with Crippen molar-refractivity contribution in [3.8, 4) is 0 Å². The molecule has 1 N–H and O–H groups in total. The average molecular weight is 301 g/mol. The van der Waals surface area contributed by atoms with Crippen molar-refractivity contribution >= 4 is 11.8 Å². The number of aromatic amines is 1. The van der Waals surface area contributed by atoms with Gasteiger partial charge in [0.05, 0.1) is 5.56 Å². The van der Waals surface area contributed by atoms with Gasteiger partial charge in [0.1, 0.15) is 5.69 Å². The fourth-order valence-corrected chi connectivity index (χ4v) is 2.18. The molecule has 0 saturated carbocycles. The highest BCUT2D eigenvalue weighted by Gasteiger charge is 2.30. The Kier molecular flexibility index (Phi) is 4.12. The molecule has 0 amide bonds. The van der Waals surface area contributed by atoms with Crippen molar-refractivity contribution in [1.29, 1.82) is 0 Å². The molecule has 0 spiro atoms. The number of benzene rings is 1. The molecular formula is C12H10F3N3OS. The Morgan fingerprint density at radius 3 is 2.70 bits per heavy atom. The Labute approximate surface area is 116 Å². The normalized spacial score (nSPS) is 11.6. The molecule has 0 aliphatic heterocycles. The van der Waals surface area contributed by atoms with Gasteiger partial charge in [0, 0.05) is 5.75 Å². The van der Waals surface area contributed by atoms with E-state index in [9.17, 15) is 18.0 Å². The van der Waals surface area contributed by atoms with Gasteiger partial charge >= 0.3 is 6.18 Å². The predicted octanol–water partition coefficient (Wildman–Crippen LogP) is 2.78. The molecule has 1 aromatic heterocycles. The van der Waals surface area contributed by atoms with E-state index in [0.717, 1.165) is 23.9 Å². The molecule has 1 aromatic carbocycles. The average Bonchev–Trinajstić information content (AvgIpc) is 2.39. The third kappa shape index (κ3) is 3.60. The summed E-state index contributed by atoms with van der Waals surface area (Å²) in [5.74, 6) is 0.262. The monoisotopic (exact) mass is 301 g/mol. The van der Waals surface area contributed by atoms with Gasteiger partial charge in [0.2, 0.25) is 0 Å². The van der Waals surface area contributed by atoms with E-state index in [-0.39, 0.29) is 22.2 Å². The Morgan fingerprint density at radius 1 is 1.30 bits per heavy atom. The standard InChI is InChI=1S/C12H10F3N3OS/c1-7-10(19)16-11(18-17-7)20-6-8-3-2-4-9(5-8)12(13,14)15/h2-5H,6H2,1H3,(H,16,18,19). The molecule has 2 aromatic rings. The third-order valence-electron chi connectivity index (χ3n) is 2.47. The number of hydrogen-bond acceptors (Lipinski definition) is 4. The predicted molar refractivity (Wildman–Crippen MR) is 68.4 cm³/mol. The summed E-state index contributed by atoms with van der Waals surface area (Å²) < 4.78 is 37.7. The molecule has 106 valence electrons. The fourth-order valence-electron chi connectivity index (χ4n) is 1.43. The van der Waals surface area contributed by atoms with Crippen LogP contribution >= 0.6 is 11.8 Å². The van der Waals surface area contributed by atoms with E-state index < -0.39 is 11.7 Å². The number of aromatic nitrogens is 3. The number of halogens is 3. The summed E-state index contributed by atoms with van der Waals surface area (Å²) in [6.07, 6.45) is -4.36. The fraction of sp³-hybridized carbons (Fsp3) is 0.250. The second kappa shape index (κ2) is 5.66. The van der Waals surface area contributed by atoms with Crippen LogP contribution in [0.15, 0.2) is 34.2 Å². The van der Waals surface area contributed by atoms with E-state index >= 15 is 0 Å². The summed E-state index contributed by atoms with van der Waals surface area (Å²) in [6.45, 7) is 1.52. The van der Waals surface area contributed by atoms with Gasteiger partial charge in [0.25, 0.3) is 5.56 Å². The number of rotatable bonds is 3. The maximum Gasteiger partial charge on any atom is 0.416 e. The second-order valence-electron chi connectivity index (χ2n) is 4.03. The summed E-state index contributed by atoms with van der Waals surface area (Å²) in [5.41, 5.74) is -0.313. The van der Waals surface area contributed by atoms with Crippen molar-refractivity contribution in [3.05, 3.63) is 51.4 Å². The summed E-state index contributed by atoms with van der Waals surface area (Å²) in [4.78, 5) is 13.8. The minimum absolute atomic E-state index is 0.244. The van der Waals surface area contributed by atoms with Crippen molar-refractivity contribution in [3.63, 3.8) is 0 Å². The molecule has 0 saturated heterocycles. The Bertz CT molecular complexity index is 669. The van der Waals surface area contributed by atoms with Gasteiger partial charge in [-0.15, -0.1) is 10.2 Å². The SMILES string of the molecule is Cc1nnc(SCc2cccc(C(F)(F)F)c2)[nH]c1=O. The third-order valence-corrected chi connectivity index (χ3v) is 3.40. The van der Waals surface area contributed by atoms with E-state index in [4.69, 9.17) is 0 Å². The molecule has 4 nitrogen and oxygen atoms in total. The van der Waals surface area contributed by atoms with Crippen LogP contribution < -0.4 is 5.56 Å². The minimum atomic E-state index is -4.36. The van der Waals surface area contributed by atoms with Gasteiger partial charge in [-0.2, -0.15) is 13.2 Å². The van der Waals surface area contributed by atoms with Crippen molar-refractivity contribution < 1.29 is 13.2 Å². The number of hydrogen-bond donors (Lipinski definition) is 1. The van der Waals surface area contributed by atoms with Gasteiger partial charge in [-0.1, -0.05) is 30.0 Å². The first-order chi connectivity index (χ1) is 9.36. The van der Waals surface area contributed by atoms with Crippen LogP contribution in [0.2, 0.25) is 0 Å². The number of nitrogens with zero attached hydrogens (tertiary/aromatic N) is 2. The van der Waals surface area contributed by atoms with Crippen LogP contribution in [0.4, 0.5) is 13.2 Å². The van der Waals surface area contributed by atoms with Crippen LogP contribution in [0, 0.1) is 6.92 Å². The Balaban J connectivity index is 2.11. The summed E-state index contributed by atoms with van der Waals surface area (Å²) >= 11 is 1.12. The van der Waals surface area contributed by atoms with Gasteiger partial charge < -0.3 is 0 Å². The lowest BCUT2D eigenvalue weighted by molar-refractivity contribution is -0.137. The van der Waals surface area contributed by atoms with Gasteiger partial charge in [-0.25, -0.2) is 0 Å². The zero-order chi connectivity index (χ0) is 14.8. The Hall–Kier alpha value is -1.83. The van der Waals surface area contributed by atoms with E-state index in [1.165, 1.54) is 13.0 Å². The van der Waals surface area contributed by atoms with Crippen LogP contribution in [-0.4, -0.2) is 15.2 Å². The van der Waals surface area contributed by atoms with Gasteiger partial charge in [0.15, 0.2) is 5.16 Å². The molecule has 20 heavy (non-hydrogen) atoms. The Morgan fingerprint density at radius 2 is 2.05 bits per heavy atom. The number of H-pyrrole nitrogens is 1. The number of aryl methyl sites for hydroxylation is 1. The highest BCUT2D eigenvalue weighted by Crippen LogP contribution is 2.30. The molecule has 1 heterocycles. The molecule has 2 rings (SSSR count). The first kappa shape index (κ1) is 14.6. The lowest BCUT2D eigenvalue weighted by Gasteiger charge is -2.08. The van der Waals surface area contributed by atoms with E-state index in [1.54, 1.807) is 6.07 Å². The molecule has 0 radical (unpaired) electrons. The summed E-state index contributed by atoms with van der Waals surface area (Å²) in [5, 5.41) is 7.69. The summed E-state index contributed by atoms with van der Waals surface area (Å²) in [6, 6.07) is 5.03. The van der Waals surface area contributed by atoms with Crippen molar-refractivity contribution in [2.45, 2.75) is 24.0 Å². The van der Waals surface area contributed by atoms with E-state index in [0.29, 0.717) is 5.56 Å². The highest BCUT2D eigenvalue weighted by atomic mass is 32.2. The topological polar surface area (TPSA) is 58.6 Å². The van der Waals surface area contributed by atoms with Crippen molar-refractivity contribution in [2.75, 3.05) is 0 Å². The van der Waals surface area contributed by atoms with Crippen LogP contribution in [0.3, 0.4) is 0 Å². The smallest absolute Gasteiger partial charge is 0.298 e. The van der Waals surface area contributed by atoms with Gasteiger partial charge in [-0.3, -0.25) is 9.78 Å². The molecular weight excluding hydrogens is 291 g/mol. The molecule has 0 aliphatic carbocycles. The van der Waals surface area contributed by atoms with E-state index in [2.05, 4.69) is 15.2 Å². The van der Waals surface area contributed by atoms with Crippen LogP contribution in [0.1, 0.15) is 16.8 Å². The zero-order valence-electron chi connectivity index (χ0n) is 10.4. The highest BCUT2D eigenvalue weighted by molar-refractivity contribution is 7.98. The van der Waals surface area contributed by atoms with Crippen LogP contribution in [0.5, 0.6) is 0 Å². The maximum absolute atomic E-state index is 12.6. The molecule has 0 bridgehead atoms. The number of alkyl halides is 3. The minimum Gasteiger partial charge on any atom is -0.298 e. The number of nitrogens with one attached hydrogen (secondary N) is 1. The molecule has 0 aliphatic rings.